The lowest BCUT2D eigenvalue weighted by molar-refractivity contribution is -0.208. The van der Waals surface area contributed by atoms with Crippen molar-refractivity contribution >= 4 is 0 Å². The molecule has 0 radical (unpaired) electrons. The molecule has 4 heteroatoms. The van der Waals surface area contributed by atoms with Crippen molar-refractivity contribution in [2.24, 2.45) is 5.92 Å². The average molecular weight is 170 g/mol. The molecule has 0 saturated heterocycles. The lowest BCUT2D eigenvalue weighted by Crippen LogP contribution is -2.30. The van der Waals surface area contributed by atoms with Gasteiger partial charge in [0.1, 0.15) is 6.10 Å². The third-order valence-corrected chi connectivity index (χ3v) is 1.70. The van der Waals surface area contributed by atoms with E-state index in [1.807, 2.05) is 0 Å². The monoisotopic (exact) mass is 170 g/mol. The van der Waals surface area contributed by atoms with Gasteiger partial charge in [-0.3, -0.25) is 0 Å². The lowest BCUT2D eigenvalue weighted by Gasteiger charge is -2.17. The maximum absolute atomic E-state index is 11.7. The molecule has 2 atom stereocenters. The molecular weight excluding hydrogens is 157 g/mol. The van der Waals surface area contributed by atoms with Gasteiger partial charge in [0.25, 0.3) is 0 Å². The fraction of sp³-hybridized carbons (Fsp3) is 1.00. The minimum atomic E-state index is -4.45. The summed E-state index contributed by atoms with van der Waals surface area (Å²) in [4.78, 5) is 0. The van der Waals surface area contributed by atoms with E-state index in [2.05, 4.69) is 0 Å². The molecule has 68 valence electrons. The third kappa shape index (κ3) is 4.24. The van der Waals surface area contributed by atoms with E-state index in [4.69, 9.17) is 5.11 Å². The van der Waals surface area contributed by atoms with Gasteiger partial charge in [-0.25, -0.2) is 0 Å². The Bertz CT molecular complexity index is 111. The van der Waals surface area contributed by atoms with Crippen molar-refractivity contribution in [1.82, 2.24) is 0 Å². The normalized spacial score (nSPS) is 18.0. The Labute approximate surface area is 64.2 Å². The van der Waals surface area contributed by atoms with Gasteiger partial charge in [0.15, 0.2) is 0 Å². The summed E-state index contributed by atoms with van der Waals surface area (Å²) in [6.45, 7) is 3.49. The Hall–Kier alpha value is -0.250. The highest BCUT2D eigenvalue weighted by atomic mass is 19.4. The number of alkyl halides is 3. The predicted octanol–water partition coefficient (Wildman–Crippen LogP) is 2.35. The molecule has 1 nitrogen and oxygen atoms in total. The number of aliphatic hydroxyl groups is 1. The van der Waals surface area contributed by atoms with E-state index in [1.54, 1.807) is 13.8 Å². The van der Waals surface area contributed by atoms with Gasteiger partial charge in [0.05, 0.1) is 0 Å². The largest absolute Gasteiger partial charge is 0.414 e. The molecule has 1 N–H and O–H groups in total. The second-order valence-corrected chi connectivity index (χ2v) is 2.81. The maximum Gasteiger partial charge on any atom is 0.414 e. The summed E-state index contributed by atoms with van der Waals surface area (Å²) in [6.07, 6.45) is -6.14. The van der Waals surface area contributed by atoms with Crippen molar-refractivity contribution in [2.45, 2.75) is 39.0 Å². The van der Waals surface area contributed by atoms with Crippen LogP contribution in [0.4, 0.5) is 13.2 Å². The van der Waals surface area contributed by atoms with Gasteiger partial charge < -0.3 is 5.11 Å². The molecule has 0 saturated carbocycles. The zero-order valence-electron chi connectivity index (χ0n) is 6.65. The van der Waals surface area contributed by atoms with Crippen molar-refractivity contribution in [3.63, 3.8) is 0 Å². The van der Waals surface area contributed by atoms with E-state index in [0.29, 0.717) is 6.42 Å². The van der Waals surface area contributed by atoms with Crippen LogP contribution in [0.15, 0.2) is 0 Å². The summed E-state index contributed by atoms with van der Waals surface area (Å²) in [7, 11) is 0. The molecule has 0 aromatic rings. The minimum absolute atomic E-state index is 0.0772. The Morgan fingerprint density at radius 1 is 1.36 bits per heavy atom. The number of hydrogen-bond acceptors (Lipinski definition) is 1. The molecular formula is C7H13F3O. The molecule has 0 fully saturated rings. The first-order chi connectivity index (χ1) is 4.88. The summed E-state index contributed by atoms with van der Waals surface area (Å²) in [5.74, 6) is -0.0772. The Kier molecular flexibility index (Phi) is 3.86. The van der Waals surface area contributed by atoms with Crippen molar-refractivity contribution in [3.8, 4) is 0 Å². The summed E-state index contributed by atoms with van der Waals surface area (Å²) < 4.78 is 35.1. The average Bonchev–Trinajstić information content (AvgIpc) is 1.85. The van der Waals surface area contributed by atoms with E-state index in [-0.39, 0.29) is 12.3 Å². The van der Waals surface area contributed by atoms with Crippen molar-refractivity contribution in [3.05, 3.63) is 0 Å². The fourth-order valence-corrected chi connectivity index (χ4v) is 0.681. The van der Waals surface area contributed by atoms with Gasteiger partial charge in [0.2, 0.25) is 0 Å². The summed E-state index contributed by atoms with van der Waals surface area (Å²) in [5, 5.41) is 8.56. The molecule has 0 heterocycles. The van der Waals surface area contributed by atoms with Gasteiger partial charge >= 0.3 is 6.18 Å². The van der Waals surface area contributed by atoms with Crippen LogP contribution in [-0.4, -0.2) is 17.4 Å². The Morgan fingerprint density at radius 2 is 1.82 bits per heavy atom. The lowest BCUT2D eigenvalue weighted by atomic mass is 10.0. The van der Waals surface area contributed by atoms with Crippen LogP contribution in [0.25, 0.3) is 0 Å². The first-order valence-corrected chi connectivity index (χ1v) is 3.62. The van der Waals surface area contributed by atoms with Gasteiger partial charge in [0, 0.05) is 0 Å². The zero-order chi connectivity index (χ0) is 9.07. The highest BCUT2D eigenvalue weighted by Gasteiger charge is 2.38. The van der Waals surface area contributed by atoms with Gasteiger partial charge in [-0.1, -0.05) is 20.3 Å². The zero-order valence-corrected chi connectivity index (χ0v) is 6.65. The topological polar surface area (TPSA) is 20.2 Å². The van der Waals surface area contributed by atoms with Crippen LogP contribution in [0.3, 0.4) is 0 Å². The SMILES string of the molecule is CC[C@H](C)CC(O)C(F)(F)F. The molecule has 0 amide bonds. The molecule has 0 aliphatic carbocycles. The molecule has 0 rings (SSSR count). The first kappa shape index (κ1) is 10.8. The van der Waals surface area contributed by atoms with E-state index < -0.39 is 12.3 Å². The number of rotatable bonds is 3. The van der Waals surface area contributed by atoms with Crippen LogP contribution in [0.1, 0.15) is 26.7 Å². The Morgan fingerprint density at radius 3 is 2.09 bits per heavy atom. The van der Waals surface area contributed by atoms with E-state index >= 15 is 0 Å². The maximum atomic E-state index is 11.7. The quantitative estimate of drug-likeness (QED) is 0.689. The van der Waals surface area contributed by atoms with Gasteiger partial charge in [-0.05, 0) is 12.3 Å². The van der Waals surface area contributed by atoms with E-state index in [9.17, 15) is 13.2 Å². The second-order valence-electron chi connectivity index (χ2n) is 2.81. The molecule has 0 spiro atoms. The molecule has 0 aliphatic heterocycles. The molecule has 11 heavy (non-hydrogen) atoms. The van der Waals surface area contributed by atoms with Crippen LogP contribution in [0, 0.1) is 5.92 Å². The van der Waals surface area contributed by atoms with Crippen LogP contribution in [-0.2, 0) is 0 Å². The number of hydrogen-bond donors (Lipinski definition) is 1. The highest BCUT2D eigenvalue weighted by molar-refractivity contribution is 4.67. The summed E-state index contributed by atoms with van der Waals surface area (Å²) in [6, 6.07) is 0. The minimum Gasteiger partial charge on any atom is -0.384 e. The van der Waals surface area contributed by atoms with Crippen LogP contribution < -0.4 is 0 Å². The summed E-state index contributed by atoms with van der Waals surface area (Å²) in [5.41, 5.74) is 0. The summed E-state index contributed by atoms with van der Waals surface area (Å²) >= 11 is 0. The predicted molar refractivity (Wildman–Crippen MR) is 36.1 cm³/mol. The molecule has 0 aliphatic rings. The second kappa shape index (κ2) is 3.95. The molecule has 0 bridgehead atoms. The van der Waals surface area contributed by atoms with E-state index in [0.717, 1.165) is 0 Å². The van der Waals surface area contributed by atoms with Crippen molar-refractivity contribution < 1.29 is 18.3 Å². The highest BCUT2D eigenvalue weighted by Crippen LogP contribution is 2.25. The third-order valence-electron chi connectivity index (χ3n) is 1.70. The standard InChI is InChI=1S/C7H13F3O/c1-3-5(2)4-6(11)7(8,9)10/h5-6,11H,3-4H2,1-2H3/t5-,6?/m0/s1. The smallest absolute Gasteiger partial charge is 0.384 e. The fourth-order valence-electron chi connectivity index (χ4n) is 0.681. The van der Waals surface area contributed by atoms with Crippen molar-refractivity contribution in [1.29, 1.82) is 0 Å². The Balaban J connectivity index is 3.77. The van der Waals surface area contributed by atoms with Gasteiger partial charge in [-0.2, -0.15) is 13.2 Å². The molecule has 0 aromatic carbocycles. The molecule has 0 aromatic heterocycles. The van der Waals surface area contributed by atoms with E-state index in [1.165, 1.54) is 0 Å². The van der Waals surface area contributed by atoms with Crippen LogP contribution in [0.2, 0.25) is 0 Å². The van der Waals surface area contributed by atoms with Crippen molar-refractivity contribution in [2.75, 3.05) is 0 Å². The van der Waals surface area contributed by atoms with Gasteiger partial charge in [-0.15, -0.1) is 0 Å². The number of aliphatic hydroxyl groups excluding tert-OH is 1. The number of halogens is 3. The van der Waals surface area contributed by atoms with Crippen LogP contribution >= 0.6 is 0 Å². The first-order valence-electron chi connectivity index (χ1n) is 3.62. The molecule has 1 unspecified atom stereocenters. The van der Waals surface area contributed by atoms with Crippen LogP contribution in [0.5, 0.6) is 0 Å².